The highest BCUT2D eigenvalue weighted by Crippen LogP contribution is 2.43. The lowest BCUT2D eigenvalue weighted by Crippen LogP contribution is -2.25. The number of aryl methyl sites for hydroxylation is 1. The Morgan fingerprint density at radius 2 is 1.18 bits per heavy atom. The van der Waals surface area contributed by atoms with Crippen molar-refractivity contribution in [1.82, 2.24) is 0 Å². The van der Waals surface area contributed by atoms with Gasteiger partial charge in [-0.3, -0.25) is 0 Å². The van der Waals surface area contributed by atoms with E-state index in [1.165, 1.54) is 88.5 Å². The van der Waals surface area contributed by atoms with E-state index in [2.05, 4.69) is 6.92 Å². The second-order valence-electron chi connectivity index (χ2n) is 11.7. The number of ether oxygens (including phenoxy) is 1. The van der Waals surface area contributed by atoms with E-state index in [0.717, 1.165) is 42.9 Å². The van der Waals surface area contributed by atoms with Gasteiger partial charge in [-0.15, -0.1) is 0 Å². The van der Waals surface area contributed by atoms with Gasteiger partial charge in [-0.2, -0.15) is 4.39 Å². The Hall–Kier alpha value is -2.04. The summed E-state index contributed by atoms with van der Waals surface area (Å²) >= 11 is 0. The van der Waals surface area contributed by atoms with E-state index in [1.54, 1.807) is 6.92 Å². The number of halogens is 4. The summed E-state index contributed by atoms with van der Waals surface area (Å²) in [6, 6.07) is 5.33. The number of rotatable bonds is 11. The van der Waals surface area contributed by atoms with E-state index in [-0.39, 0.29) is 23.5 Å². The van der Waals surface area contributed by atoms with Crippen LogP contribution in [0.4, 0.5) is 17.6 Å². The van der Waals surface area contributed by atoms with Crippen LogP contribution in [0.2, 0.25) is 0 Å². The Morgan fingerprint density at radius 1 is 0.632 bits per heavy atom. The Balaban J connectivity index is 1.23. The van der Waals surface area contributed by atoms with E-state index in [9.17, 15) is 17.6 Å². The lowest BCUT2D eigenvalue weighted by molar-refractivity contribution is 0.140. The fourth-order valence-corrected chi connectivity index (χ4v) is 7.05. The maximum Gasteiger partial charge on any atom is 0.201 e. The molecule has 0 bridgehead atoms. The van der Waals surface area contributed by atoms with Crippen molar-refractivity contribution < 1.29 is 22.3 Å². The molecule has 0 atom stereocenters. The quantitative estimate of drug-likeness (QED) is 0.207. The van der Waals surface area contributed by atoms with Gasteiger partial charge in [0.2, 0.25) is 5.82 Å². The topological polar surface area (TPSA) is 9.23 Å². The molecule has 2 fully saturated rings. The highest BCUT2D eigenvalue weighted by Gasteiger charge is 2.30. The third-order valence-electron chi connectivity index (χ3n) is 9.25. The van der Waals surface area contributed by atoms with E-state index in [1.807, 2.05) is 0 Å². The van der Waals surface area contributed by atoms with Crippen LogP contribution in [0.1, 0.15) is 103 Å². The van der Waals surface area contributed by atoms with Crippen molar-refractivity contribution in [2.24, 2.45) is 23.7 Å². The lowest BCUT2D eigenvalue weighted by Gasteiger charge is -2.38. The third kappa shape index (κ3) is 6.93. The van der Waals surface area contributed by atoms with Gasteiger partial charge in [0.25, 0.3) is 0 Å². The van der Waals surface area contributed by atoms with Crippen LogP contribution in [-0.4, -0.2) is 6.61 Å². The number of benzene rings is 2. The molecule has 0 unspecified atom stereocenters. The predicted molar refractivity (Wildman–Crippen MR) is 146 cm³/mol. The van der Waals surface area contributed by atoms with Crippen molar-refractivity contribution in [3.8, 4) is 16.9 Å². The standard InChI is InChI=1S/C33H44F4O/c1-3-7-22-10-14-24(15-11-22)25-16-12-23(13-17-25)8-5-6-9-26-18-19-27(31(35)30(26)34)28-20-21-29(38-4-2)33(37)32(28)36/h18-25H,3-17H2,1-2H3. The summed E-state index contributed by atoms with van der Waals surface area (Å²) in [6.45, 7) is 4.13. The Kier molecular flexibility index (Phi) is 10.6. The Bertz CT molecular complexity index is 1040. The molecule has 0 aromatic heterocycles. The largest absolute Gasteiger partial charge is 0.491 e. The molecule has 4 rings (SSSR count). The highest BCUT2D eigenvalue weighted by molar-refractivity contribution is 5.66. The SMILES string of the molecule is CCCC1CCC(C2CCC(CCCCc3ccc(-c4ccc(OCC)c(F)c4F)c(F)c3F)CC2)CC1. The maximum absolute atomic E-state index is 14.9. The van der Waals surface area contributed by atoms with Gasteiger partial charge < -0.3 is 4.74 Å². The minimum Gasteiger partial charge on any atom is -0.491 e. The summed E-state index contributed by atoms with van der Waals surface area (Å²) in [5, 5.41) is 0. The predicted octanol–water partition coefficient (Wildman–Crippen LogP) is 10.4. The molecule has 0 saturated heterocycles. The molecule has 0 spiro atoms. The molecule has 2 aliphatic rings. The van der Waals surface area contributed by atoms with E-state index < -0.39 is 23.3 Å². The van der Waals surface area contributed by atoms with Crippen molar-refractivity contribution in [1.29, 1.82) is 0 Å². The molecule has 0 heterocycles. The molecule has 2 aliphatic carbocycles. The maximum atomic E-state index is 14.9. The second kappa shape index (κ2) is 13.8. The van der Waals surface area contributed by atoms with E-state index in [0.29, 0.717) is 12.0 Å². The van der Waals surface area contributed by atoms with Crippen molar-refractivity contribution in [3.05, 3.63) is 53.1 Å². The first kappa shape index (κ1) is 29.0. The molecule has 0 N–H and O–H groups in total. The normalized spacial score (nSPS) is 23.9. The van der Waals surface area contributed by atoms with Gasteiger partial charge in [-0.25, -0.2) is 13.2 Å². The minimum absolute atomic E-state index is 0.175. The molecule has 2 saturated carbocycles. The van der Waals surface area contributed by atoms with Crippen LogP contribution >= 0.6 is 0 Å². The summed E-state index contributed by atoms with van der Waals surface area (Å²) in [6.07, 6.45) is 17.2. The number of hydrogen-bond donors (Lipinski definition) is 0. The molecular formula is C33H44F4O. The molecule has 2 aromatic carbocycles. The molecule has 210 valence electrons. The first-order valence-corrected chi connectivity index (χ1v) is 15.0. The first-order valence-electron chi connectivity index (χ1n) is 15.0. The van der Waals surface area contributed by atoms with Gasteiger partial charge in [0.05, 0.1) is 6.61 Å². The van der Waals surface area contributed by atoms with E-state index in [4.69, 9.17) is 4.74 Å². The Labute approximate surface area is 226 Å². The van der Waals surface area contributed by atoms with E-state index >= 15 is 0 Å². The van der Waals surface area contributed by atoms with Crippen LogP contribution in [0.3, 0.4) is 0 Å². The van der Waals surface area contributed by atoms with Crippen molar-refractivity contribution in [2.45, 2.75) is 104 Å². The summed E-state index contributed by atoms with van der Waals surface area (Å²) in [4.78, 5) is 0. The van der Waals surface area contributed by atoms with Crippen LogP contribution < -0.4 is 4.74 Å². The third-order valence-corrected chi connectivity index (χ3v) is 9.25. The van der Waals surface area contributed by atoms with Crippen molar-refractivity contribution in [3.63, 3.8) is 0 Å². The van der Waals surface area contributed by atoms with Gasteiger partial charge in [-0.05, 0) is 86.8 Å². The van der Waals surface area contributed by atoms with Crippen molar-refractivity contribution in [2.75, 3.05) is 6.61 Å². The summed E-state index contributed by atoms with van der Waals surface area (Å²) < 4.78 is 63.5. The van der Waals surface area contributed by atoms with Gasteiger partial charge in [-0.1, -0.05) is 70.4 Å². The molecule has 1 nitrogen and oxygen atoms in total. The highest BCUT2D eigenvalue weighted by atomic mass is 19.2. The molecule has 0 amide bonds. The zero-order chi connectivity index (χ0) is 27.1. The summed E-state index contributed by atoms with van der Waals surface area (Å²) in [5.41, 5.74) is -0.291. The monoisotopic (exact) mass is 532 g/mol. The summed E-state index contributed by atoms with van der Waals surface area (Å²) in [5.74, 6) is -1.19. The molecule has 0 radical (unpaired) electrons. The fraction of sp³-hybridized carbons (Fsp3) is 0.636. The molecular weight excluding hydrogens is 488 g/mol. The van der Waals surface area contributed by atoms with Gasteiger partial charge in [0.15, 0.2) is 23.2 Å². The van der Waals surface area contributed by atoms with Crippen LogP contribution in [0.25, 0.3) is 11.1 Å². The van der Waals surface area contributed by atoms with Gasteiger partial charge in [0.1, 0.15) is 0 Å². The Morgan fingerprint density at radius 3 is 1.76 bits per heavy atom. The molecule has 38 heavy (non-hydrogen) atoms. The molecule has 5 heteroatoms. The molecule has 0 aliphatic heterocycles. The molecule has 2 aromatic rings. The van der Waals surface area contributed by atoms with Gasteiger partial charge >= 0.3 is 0 Å². The lowest BCUT2D eigenvalue weighted by atomic mass is 9.68. The zero-order valence-electron chi connectivity index (χ0n) is 23.1. The number of unbranched alkanes of at least 4 members (excludes halogenated alkanes) is 1. The smallest absolute Gasteiger partial charge is 0.201 e. The average Bonchev–Trinajstić information content (AvgIpc) is 2.93. The van der Waals surface area contributed by atoms with Crippen molar-refractivity contribution >= 4 is 0 Å². The number of hydrogen-bond acceptors (Lipinski definition) is 1. The zero-order valence-corrected chi connectivity index (χ0v) is 23.1. The first-order chi connectivity index (χ1) is 18.4. The van der Waals surface area contributed by atoms with Crippen LogP contribution in [0, 0.1) is 46.9 Å². The average molecular weight is 533 g/mol. The van der Waals surface area contributed by atoms with Crippen LogP contribution in [0.15, 0.2) is 24.3 Å². The van der Waals surface area contributed by atoms with Gasteiger partial charge in [0, 0.05) is 11.1 Å². The summed E-state index contributed by atoms with van der Waals surface area (Å²) in [7, 11) is 0. The van der Waals surface area contributed by atoms with Crippen LogP contribution in [0.5, 0.6) is 5.75 Å². The fourth-order valence-electron chi connectivity index (χ4n) is 7.05. The second-order valence-corrected chi connectivity index (χ2v) is 11.7. The van der Waals surface area contributed by atoms with Crippen LogP contribution in [-0.2, 0) is 6.42 Å². The minimum atomic E-state index is -1.24.